The summed E-state index contributed by atoms with van der Waals surface area (Å²) in [5.74, 6) is 3.17. The highest BCUT2D eigenvalue weighted by molar-refractivity contribution is 5.08. The van der Waals surface area contributed by atoms with Crippen LogP contribution in [0, 0.1) is 18.3 Å². The Hall–Kier alpha value is -0.740. The van der Waals surface area contributed by atoms with Crippen LogP contribution >= 0.6 is 0 Å². The molecular formula is C11H16O. The van der Waals surface area contributed by atoms with Crippen LogP contribution in [0.4, 0.5) is 0 Å². The average molecular weight is 164 g/mol. The third-order valence-electron chi connectivity index (χ3n) is 2.47. The Morgan fingerprint density at radius 3 is 3.00 bits per heavy atom. The minimum absolute atomic E-state index is 0.608. The lowest BCUT2D eigenvalue weighted by Crippen LogP contribution is -2.29. The third kappa shape index (κ3) is 2.39. The van der Waals surface area contributed by atoms with Gasteiger partial charge >= 0.3 is 0 Å². The van der Waals surface area contributed by atoms with E-state index in [1.807, 2.05) is 6.08 Å². The molecule has 0 aromatic carbocycles. The summed E-state index contributed by atoms with van der Waals surface area (Å²) in [6, 6.07) is 0. The van der Waals surface area contributed by atoms with Crippen molar-refractivity contribution in [2.75, 3.05) is 0 Å². The lowest BCUT2D eigenvalue weighted by atomic mass is 9.83. The van der Waals surface area contributed by atoms with Gasteiger partial charge in [-0.1, -0.05) is 19.1 Å². The van der Waals surface area contributed by atoms with Crippen LogP contribution in [0.5, 0.6) is 0 Å². The summed E-state index contributed by atoms with van der Waals surface area (Å²) in [6.07, 6.45) is 12.4. The van der Waals surface area contributed by atoms with Crippen LogP contribution < -0.4 is 0 Å². The van der Waals surface area contributed by atoms with E-state index in [4.69, 9.17) is 6.42 Å². The summed E-state index contributed by atoms with van der Waals surface area (Å²) in [5, 5.41) is 9.94. The van der Waals surface area contributed by atoms with Crippen molar-refractivity contribution in [3.63, 3.8) is 0 Å². The minimum atomic E-state index is -0.612. The lowest BCUT2D eigenvalue weighted by Gasteiger charge is -2.29. The highest BCUT2D eigenvalue weighted by Gasteiger charge is 2.26. The quantitative estimate of drug-likeness (QED) is 0.489. The molecule has 1 aliphatic carbocycles. The predicted octanol–water partition coefficient (Wildman–Crippen LogP) is 2.12. The van der Waals surface area contributed by atoms with Crippen molar-refractivity contribution >= 4 is 0 Å². The molecule has 0 spiro atoms. The van der Waals surface area contributed by atoms with Crippen molar-refractivity contribution in [2.45, 2.75) is 38.2 Å². The molecule has 1 heteroatoms. The fourth-order valence-corrected chi connectivity index (χ4v) is 1.50. The Kier molecular flexibility index (Phi) is 2.94. The van der Waals surface area contributed by atoms with Gasteiger partial charge in [-0.05, 0) is 25.2 Å². The first kappa shape index (κ1) is 9.35. The second-order valence-corrected chi connectivity index (χ2v) is 3.68. The van der Waals surface area contributed by atoms with Gasteiger partial charge in [0.25, 0.3) is 0 Å². The van der Waals surface area contributed by atoms with E-state index >= 15 is 0 Å². The van der Waals surface area contributed by atoms with Gasteiger partial charge in [-0.3, -0.25) is 0 Å². The number of hydrogen-bond donors (Lipinski definition) is 1. The summed E-state index contributed by atoms with van der Waals surface area (Å²) in [5.41, 5.74) is -0.612. The zero-order chi connectivity index (χ0) is 9.03. The zero-order valence-electron chi connectivity index (χ0n) is 7.59. The Morgan fingerprint density at radius 2 is 2.50 bits per heavy atom. The molecule has 0 saturated carbocycles. The number of terminal acetylenes is 1. The van der Waals surface area contributed by atoms with E-state index in [-0.39, 0.29) is 0 Å². The van der Waals surface area contributed by atoms with E-state index in [2.05, 4.69) is 18.9 Å². The Morgan fingerprint density at radius 1 is 1.75 bits per heavy atom. The van der Waals surface area contributed by atoms with Crippen LogP contribution in [0.25, 0.3) is 0 Å². The lowest BCUT2D eigenvalue weighted by molar-refractivity contribution is 0.0623. The fourth-order valence-electron chi connectivity index (χ4n) is 1.50. The second-order valence-electron chi connectivity index (χ2n) is 3.68. The number of allylic oxidation sites excluding steroid dienone is 1. The van der Waals surface area contributed by atoms with E-state index in [0.29, 0.717) is 18.8 Å². The van der Waals surface area contributed by atoms with Gasteiger partial charge in [-0.15, -0.1) is 12.3 Å². The van der Waals surface area contributed by atoms with Crippen molar-refractivity contribution in [2.24, 2.45) is 5.92 Å². The number of aliphatic hydroxyl groups is 1. The molecule has 0 amide bonds. The summed E-state index contributed by atoms with van der Waals surface area (Å²) < 4.78 is 0. The molecule has 0 saturated heterocycles. The second kappa shape index (κ2) is 3.78. The standard InChI is InChI=1S/C11H16O/c1-3-4-7-11(12)8-5-10(2)6-9-11/h1,5,8,10,12H,4,6-7,9H2,2H3. The molecule has 0 aromatic rings. The van der Waals surface area contributed by atoms with Crippen molar-refractivity contribution in [1.82, 2.24) is 0 Å². The van der Waals surface area contributed by atoms with Gasteiger partial charge < -0.3 is 5.11 Å². The van der Waals surface area contributed by atoms with Gasteiger partial charge in [-0.25, -0.2) is 0 Å². The maximum Gasteiger partial charge on any atom is 0.0837 e. The smallest absolute Gasteiger partial charge is 0.0837 e. The summed E-state index contributed by atoms with van der Waals surface area (Å²) >= 11 is 0. The van der Waals surface area contributed by atoms with E-state index in [0.717, 1.165) is 12.8 Å². The monoisotopic (exact) mass is 164 g/mol. The molecule has 1 N–H and O–H groups in total. The molecular weight excluding hydrogens is 148 g/mol. The first-order chi connectivity index (χ1) is 5.66. The molecule has 1 rings (SSSR count). The van der Waals surface area contributed by atoms with Gasteiger partial charge in [0.15, 0.2) is 0 Å². The van der Waals surface area contributed by atoms with Crippen LogP contribution in [0.2, 0.25) is 0 Å². The van der Waals surface area contributed by atoms with Crippen molar-refractivity contribution in [3.8, 4) is 12.3 Å². The van der Waals surface area contributed by atoms with E-state index in [1.165, 1.54) is 0 Å². The molecule has 0 bridgehead atoms. The van der Waals surface area contributed by atoms with Gasteiger partial charge in [0, 0.05) is 6.42 Å². The molecule has 1 aliphatic rings. The summed E-state index contributed by atoms with van der Waals surface area (Å²) in [7, 11) is 0. The zero-order valence-corrected chi connectivity index (χ0v) is 7.59. The van der Waals surface area contributed by atoms with Crippen LogP contribution in [-0.2, 0) is 0 Å². The van der Waals surface area contributed by atoms with Crippen LogP contribution in [-0.4, -0.2) is 10.7 Å². The molecule has 0 radical (unpaired) electrons. The van der Waals surface area contributed by atoms with Crippen molar-refractivity contribution in [1.29, 1.82) is 0 Å². The van der Waals surface area contributed by atoms with E-state index < -0.39 is 5.60 Å². The van der Waals surface area contributed by atoms with Gasteiger partial charge in [-0.2, -0.15) is 0 Å². The van der Waals surface area contributed by atoms with Crippen molar-refractivity contribution in [3.05, 3.63) is 12.2 Å². The Labute approximate surface area is 74.5 Å². The van der Waals surface area contributed by atoms with Gasteiger partial charge in [0.05, 0.1) is 5.60 Å². The average Bonchev–Trinajstić information content (AvgIpc) is 2.08. The highest BCUT2D eigenvalue weighted by Crippen LogP contribution is 2.28. The first-order valence-electron chi connectivity index (χ1n) is 4.51. The SMILES string of the molecule is C#CCCC1(O)C=CC(C)CC1. The minimum Gasteiger partial charge on any atom is -0.386 e. The maximum atomic E-state index is 9.94. The topological polar surface area (TPSA) is 20.2 Å². The summed E-state index contributed by atoms with van der Waals surface area (Å²) in [4.78, 5) is 0. The van der Waals surface area contributed by atoms with Crippen LogP contribution in [0.1, 0.15) is 32.6 Å². The molecule has 2 unspecified atom stereocenters. The predicted molar refractivity (Wildman–Crippen MR) is 50.6 cm³/mol. The third-order valence-corrected chi connectivity index (χ3v) is 2.47. The van der Waals surface area contributed by atoms with Crippen LogP contribution in [0.3, 0.4) is 0 Å². The van der Waals surface area contributed by atoms with Gasteiger partial charge in [0.1, 0.15) is 0 Å². The molecule has 12 heavy (non-hydrogen) atoms. The maximum absolute atomic E-state index is 9.94. The summed E-state index contributed by atoms with van der Waals surface area (Å²) in [6.45, 7) is 2.16. The number of hydrogen-bond acceptors (Lipinski definition) is 1. The van der Waals surface area contributed by atoms with Crippen molar-refractivity contribution < 1.29 is 5.11 Å². The molecule has 0 fully saturated rings. The molecule has 66 valence electrons. The fraction of sp³-hybridized carbons (Fsp3) is 0.636. The van der Waals surface area contributed by atoms with E-state index in [1.54, 1.807) is 0 Å². The largest absolute Gasteiger partial charge is 0.386 e. The van der Waals surface area contributed by atoms with E-state index in [9.17, 15) is 5.11 Å². The molecule has 0 aliphatic heterocycles. The molecule has 0 aromatic heterocycles. The first-order valence-corrected chi connectivity index (χ1v) is 4.51. The Balaban J connectivity index is 2.50. The highest BCUT2D eigenvalue weighted by atomic mass is 16.3. The number of rotatable bonds is 2. The normalized spacial score (nSPS) is 34.6. The molecule has 2 atom stereocenters. The Bertz CT molecular complexity index is 212. The van der Waals surface area contributed by atoms with Crippen LogP contribution in [0.15, 0.2) is 12.2 Å². The molecule has 1 nitrogen and oxygen atoms in total. The van der Waals surface area contributed by atoms with Gasteiger partial charge in [0.2, 0.25) is 0 Å². The molecule has 0 heterocycles.